The molecule has 1 heterocycles. The minimum atomic E-state index is -1.19. The van der Waals surface area contributed by atoms with E-state index in [2.05, 4.69) is 5.32 Å². The number of aromatic nitrogens is 2. The zero-order chi connectivity index (χ0) is 15.2. The average Bonchev–Trinajstić information content (AvgIpc) is 2.21. The quantitative estimate of drug-likeness (QED) is 0.651. The number of aliphatic carboxylic acids is 1. The van der Waals surface area contributed by atoms with Gasteiger partial charge in [0.25, 0.3) is 11.5 Å². The third-order valence-corrected chi connectivity index (χ3v) is 1.53. The molecule has 0 saturated carbocycles. The van der Waals surface area contributed by atoms with Gasteiger partial charge < -0.3 is 10.4 Å². The Morgan fingerprint density at radius 1 is 1.42 bits per heavy atom. The van der Waals surface area contributed by atoms with Crippen LogP contribution < -0.4 is 16.6 Å². The van der Waals surface area contributed by atoms with E-state index in [1.807, 2.05) is 0 Å². The summed E-state index contributed by atoms with van der Waals surface area (Å²) in [5.41, 5.74) is -2.12. The number of carboxylic acids is 1. The molecule has 1 amide bonds. The first-order chi connectivity index (χ1) is 8.65. The zero-order valence-corrected chi connectivity index (χ0v) is 10.6. The molecule has 106 valence electrons. The van der Waals surface area contributed by atoms with Crippen LogP contribution in [0.25, 0.3) is 0 Å². The van der Waals surface area contributed by atoms with Gasteiger partial charge in [-0.05, 0) is 13.8 Å². The van der Waals surface area contributed by atoms with E-state index >= 15 is 0 Å². The highest BCUT2D eigenvalue weighted by Gasteiger charge is 2.11. The third kappa shape index (κ3) is 6.15. The molecule has 0 aliphatic heterocycles. The molecular formula is C10H14FN3O5. The van der Waals surface area contributed by atoms with E-state index in [-0.39, 0.29) is 6.04 Å². The second kappa shape index (κ2) is 7.09. The lowest BCUT2D eigenvalue weighted by Gasteiger charge is -2.08. The van der Waals surface area contributed by atoms with Gasteiger partial charge in [-0.3, -0.25) is 14.6 Å². The molecule has 1 rings (SSSR count). The highest BCUT2D eigenvalue weighted by Crippen LogP contribution is 1.85. The van der Waals surface area contributed by atoms with E-state index in [4.69, 9.17) is 9.90 Å². The van der Waals surface area contributed by atoms with E-state index in [0.717, 1.165) is 6.92 Å². The van der Waals surface area contributed by atoms with Crippen LogP contribution in [0.1, 0.15) is 20.8 Å². The number of carbonyl (C=O) groups is 2. The molecule has 19 heavy (non-hydrogen) atoms. The lowest BCUT2D eigenvalue weighted by molar-refractivity contribution is -0.134. The molecule has 0 aliphatic rings. The Morgan fingerprint density at radius 3 is 2.32 bits per heavy atom. The summed E-state index contributed by atoms with van der Waals surface area (Å²) in [6, 6.07) is -0.982. The van der Waals surface area contributed by atoms with Crippen LogP contribution in [0.15, 0.2) is 15.8 Å². The Labute approximate surface area is 106 Å². The van der Waals surface area contributed by atoms with Crippen molar-refractivity contribution in [3.8, 4) is 0 Å². The summed E-state index contributed by atoms with van der Waals surface area (Å²) in [6.45, 7) is 4.45. The fraction of sp³-hybridized carbons (Fsp3) is 0.400. The van der Waals surface area contributed by atoms with Gasteiger partial charge >= 0.3 is 11.7 Å². The van der Waals surface area contributed by atoms with Crippen LogP contribution in [0, 0.1) is 5.82 Å². The molecule has 0 aromatic carbocycles. The predicted molar refractivity (Wildman–Crippen MR) is 63.7 cm³/mol. The number of nitrogens with zero attached hydrogens (tertiary/aromatic N) is 1. The largest absolute Gasteiger partial charge is 0.481 e. The number of nitrogens with one attached hydrogen (secondary N) is 2. The van der Waals surface area contributed by atoms with Crippen LogP contribution in [-0.4, -0.2) is 32.7 Å². The topological polar surface area (TPSA) is 121 Å². The molecule has 1 aromatic heterocycles. The molecule has 0 aliphatic carbocycles. The molecular weight excluding hydrogens is 261 g/mol. The van der Waals surface area contributed by atoms with Gasteiger partial charge in [0.15, 0.2) is 0 Å². The van der Waals surface area contributed by atoms with Crippen LogP contribution in [0.3, 0.4) is 0 Å². The van der Waals surface area contributed by atoms with Crippen LogP contribution in [0.4, 0.5) is 9.18 Å². The first-order valence-electron chi connectivity index (χ1n) is 5.17. The Kier molecular flexibility index (Phi) is 6.17. The molecule has 0 atom stereocenters. The van der Waals surface area contributed by atoms with E-state index < -0.39 is 29.1 Å². The summed E-state index contributed by atoms with van der Waals surface area (Å²) in [5.74, 6) is -2.02. The number of rotatable bonds is 1. The van der Waals surface area contributed by atoms with Crippen molar-refractivity contribution >= 4 is 12.0 Å². The SMILES string of the molecule is CC(=O)O.CC(C)NC(=O)n1cc(F)c(=O)[nH]c1=O. The van der Waals surface area contributed by atoms with Crippen molar-refractivity contribution < 1.29 is 19.1 Å². The van der Waals surface area contributed by atoms with E-state index in [0.29, 0.717) is 10.8 Å². The number of amides is 1. The third-order valence-electron chi connectivity index (χ3n) is 1.53. The predicted octanol–water partition coefficient (Wildman–Crippen LogP) is -0.267. The summed E-state index contributed by atoms with van der Waals surface area (Å²) >= 11 is 0. The highest BCUT2D eigenvalue weighted by molar-refractivity contribution is 5.76. The zero-order valence-electron chi connectivity index (χ0n) is 10.6. The van der Waals surface area contributed by atoms with Gasteiger partial charge in [-0.2, -0.15) is 4.39 Å². The Hall–Kier alpha value is -2.45. The van der Waals surface area contributed by atoms with Gasteiger partial charge in [0.2, 0.25) is 5.82 Å². The maximum absolute atomic E-state index is 12.8. The standard InChI is InChI=1S/C8H10FN3O3.C2H4O2/c1-4(2)10-7(14)12-3-5(9)6(13)11-8(12)15;1-2(3)4/h3-4H,1-2H3,(H,10,14)(H,11,13,15);1H3,(H,3,4). The molecule has 1 aromatic rings. The van der Waals surface area contributed by atoms with Gasteiger partial charge in [-0.15, -0.1) is 0 Å². The summed E-state index contributed by atoms with van der Waals surface area (Å²) in [7, 11) is 0. The number of hydrogen-bond acceptors (Lipinski definition) is 4. The monoisotopic (exact) mass is 275 g/mol. The molecule has 0 bridgehead atoms. The molecule has 0 unspecified atom stereocenters. The van der Waals surface area contributed by atoms with Crippen LogP contribution in [-0.2, 0) is 4.79 Å². The number of halogens is 1. The summed E-state index contributed by atoms with van der Waals surface area (Å²) in [5, 5.41) is 9.80. The average molecular weight is 275 g/mol. The first-order valence-corrected chi connectivity index (χ1v) is 5.17. The van der Waals surface area contributed by atoms with Crippen molar-refractivity contribution in [2.24, 2.45) is 0 Å². The number of H-pyrrole nitrogens is 1. The Bertz CT molecular complexity index is 571. The minimum absolute atomic E-state index is 0.195. The van der Waals surface area contributed by atoms with Crippen molar-refractivity contribution in [3.05, 3.63) is 32.9 Å². The lowest BCUT2D eigenvalue weighted by atomic mass is 10.4. The maximum Gasteiger partial charge on any atom is 0.336 e. The molecule has 0 saturated heterocycles. The summed E-state index contributed by atoms with van der Waals surface area (Å²) in [4.78, 5) is 43.7. The van der Waals surface area contributed by atoms with E-state index in [1.54, 1.807) is 18.8 Å². The normalized spacial score (nSPS) is 9.53. The van der Waals surface area contributed by atoms with Gasteiger partial charge in [0.05, 0.1) is 6.20 Å². The number of aromatic amines is 1. The first kappa shape index (κ1) is 16.6. The lowest BCUT2D eigenvalue weighted by Crippen LogP contribution is -2.42. The van der Waals surface area contributed by atoms with Crippen molar-refractivity contribution in [2.75, 3.05) is 0 Å². The van der Waals surface area contributed by atoms with E-state index in [9.17, 15) is 18.8 Å². The van der Waals surface area contributed by atoms with Gasteiger partial charge in [0, 0.05) is 13.0 Å². The van der Waals surface area contributed by atoms with Crippen molar-refractivity contribution in [2.45, 2.75) is 26.8 Å². The molecule has 0 fully saturated rings. The molecule has 8 nitrogen and oxygen atoms in total. The number of carbonyl (C=O) groups excluding carboxylic acids is 1. The summed E-state index contributed by atoms with van der Waals surface area (Å²) < 4.78 is 13.2. The Morgan fingerprint density at radius 2 is 1.89 bits per heavy atom. The molecule has 9 heteroatoms. The fourth-order valence-electron chi connectivity index (χ4n) is 0.915. The second-order valence-electron chi connectivity index (χ2n) is 3.73. The highest BCUT2D eigenvalue weighted by atomic mass is 19.1. The second-order valence-corrected chi connectivity index (χ2v) is 3.73. The molecule has 0 spiro atoms. The smallest absolute Gasteiger partial charge is 0.336 e. The molecule has 3 N–H and O–H groups in total. The molecule has 0 radical (unpaired) electrons. The van der Waals surface area contributed by atoms with Gasteiger partial charge in [-0.1, -0.05) is 0 Å². The van der Waals surface area contributed by atoms with Crippen LogP contribution in [0.5, 0.6) is 0 Å². The van der Waals surface area contributed by atoms with Gasteiger partial charge in [-0.25, -0.2) is 14.2 Å². The Balaban J connectivity index is 0.000000711. The van der Waals surface area contributed by atoms with Gasteiger partial charge in [0.1, 0.15) is 0 Å². The van der Waals surface area contributed by atoms with Crippen molar-refractivity contribution in [1.82, 2.24) is 14.9 Å². The maximum atomic E-state index is 12.8. The summed E-state index contributed by atoms with van der Waals surface area (Å²) in [6.07, 6.45) is 0.554. The number of carboxylic acid groups (broad SMARTS) is 1. The van der Waals surface area contributed by atoms with E-state index in [1.165, 1.54) is 0 Å². The number of hydrogen-bond donors (Lipinski definition) is 3. The fourth-order valence-corrected chi connectivity index (χ4v) is 0.915. The van der Waals surface area contributed by atoms with Crippen molar-refractivity contribution in [1.29, 1.82) is 0 Å². The van der Waals surface area contributed by atoms with Crippen molar-refractivity contribution in [3.63, 3.8) is 0 Å². The minimum Gasteiger partial charge on any atom is -0.481 e. The van der Waals surface area contributed by atoms with Crippen LogP contribution >= 0.6 is 0 Å². The van der Waals surface area contributed by atoms with Crippen LogP contribution in [0.2, 0.25) is 0 Å².